The van der Waals surface area contributed by atoms with Crippen molar-refractivity contribution >= 4 is 5.91 Å². The first-order valence-electron chi connectivity index (χ1n) is 6.49. The highest BCUT2D eigenvalue weighted by Crippen LogP contribution is 2.58. The Balaban J connectivity index is 2.09. The molecule has 0 aromatic rings. The van der Waals surface area contributed by atoms with Crippen LogP contribution in [0.25, 0.3) is 0 Å². The Morgan fingerprint density at radius 3 is 2.61 bits per heavy atom. The van der Waals surface area contributed by atoms with Gasteiger partial charge in [-0.25, -0.2) is 5.48 Å². The number of carbonyl (C=O) groups excluding carboxylic acids is 1. The van der Waals surface area contributed by atoms with Crippen molar-refractivity contribution in [3.63, 3.8) is 0 Å². The zero-order valence-corrected chi connectivity index (χ0v) is 11.9. The summed E-state index contributed by atoms with van der Waals surface area (Å²) in [4.78, 5) is 17.7. The lowest BCUT2D eigenvalue weighted by atomic mass is 9.48. The Morgan fingerprint density at radius 1 is 1.44 bits per heavy atom. The van der Waals surface area contributed by atoms with Crippen molar-refractivity contribution in [2.75, 3.05) is 6.61 Å². The van der Waals surface area contributed by atoms with Gasteiger partial charge in [-0.05, 0) is 27.2 Å². The van der Waals surface area contributed by atoms with Gasteiger partial charge in [0.25, 0.3) is 5.91 Å². The van der Waals surface area contributed by atoms with Crippen molar-refractivity contribution in [3.8, 4) is 0 Å². The number of carbonyl (C=O) groups is 1. The predicted octanol–water partition coefficient (Wildman–Crippen LogP) is 0.975. The van der Waals surface area contributed by atoms with Crippen LogP contribution in [0.5, 0.6) is 0 Å². The summed E-state index contributed by atoms with van der Waals surface area (Å²) in [5.74, 6) is -0.148. The number of nitrogens with two attached hydrogens (primary N) is 1. The molecule has 1 amide bonds. The van der Waals surface area contributed by atoms with Gasteiger partial charge in [0, 0.05) is 17.9 Å². The minimum absolute atomic E-state index is 0.0860. The van der Waals surface area contributed by atoms with Crippen LogP contribution in [0.15, 0.2) is 0 Å². The number of hydroxylamine groups is 1. The number of hydrogen-bond acceptors (Lipinski definition) is 4. The molecule has 1 aliphatic carbocycles. The maximum atomic E-state index is 12.3. The summed E-state index contributed by atoms with van der Waals surface area (Å²) < 4.78 is 5.66. The molecule has 3 unspecified atom stereocenters. The van der Waals surface area contributed by atoms with Gasteiger partial charge in [-0.1, -0.05) is 13.8 Å². The molecule has 0 bridgehead atoms. The van der Waals surface area contributed by atoms with Crippen LogP contribution in [-0.2, 0) is 14.4 Å². The summed E-state index contributed by atoms with van der Waals surface area (Å²) in [6.07, 6.45) is 0.927. The molecule has 2 aliphatic rings. The van der Waals surface area contributed by atoms with Crippen molar-refractivity contribution in [2.24, 2.45) is 17.1 Å². The van der Waals surface area contributed by atoms with E-state index in [-0.39, 0.29) is 23.3 Å². The Labute approximate surface area is 108 Å². The first kappa shape index (κ1) is 13.8. The van der Waals surface area contributed by atoms with Crippen molar-refractivity contribution in [1.82, 2.24) is 5.48 Å². The molecule has 104 valence electrons. The molecular weight excluding hydrogens is 232 g/mol. The third kappa shape index (κ3) is 1.76. The quantitative estimate of drug-likeness (QED) is 0.722. The van der Waals surface area contributed by atoms with E-state index >= 15 is 0 Å². The average Bonchev–Trinajstić information content (AvgIpc) is 2.71. The predicted molar refractivity (Wildman–Crippen MR) is 67.5 cm³/mol. The zero-order chi connectivity index (χ0) is 13.8. The van der Waals surface area contributed by atoms with Gasteiger partial charge in [-0.2, -0.15) is 0 Å². The van der Waals surface area contributed by atoms with Gasteiger partial charge in [-0.3, -0.25) is 9.63 Å². The molecular formula is C13H24N2O3. The van der Waals surface area contributed by atoms with E-state index in [0.29, 0.717) is 6.61 Å². The Morgan fingerprint density at radius 2 is 2.06 bits per heavy atom. The standard InChI is InChI=1S/C13H24N2O3/c1-11(2,3)18-15-10(16)13(14)8-6-7-17-9(8)12(13,4)5/h8-9H,6-7,14H2,1-5H3,(H,15,16). The van der Waals surface area contributed by atoms with E-state index in [1.54, 1.807) is 0 Å². The lowest BCUT2D eigenvalue weighted by Crippen LogP contribution is -2.80. The lowest BCUT2D eigenvalue weighted by molar-refractivity contribution is -0.191. The number of ether oxygens (including phenoxy) is 1. The molecule has 1 heterocycles. The molecule has 5 nitrogen and oxygen atoms in total. The molecule has 1 saturated heterocycles. The van der Waals surface area contributed by atoms with Gasteiger partial charge in [0.05, 0.1) is 11.7 Å². The van der Waals surface area contributed by atoms with Crippen LogP contribution in [-0.4, -0.2) is 29.8 Å². The van der Waals surface area contributed by atoms with E-state index in [1.165, 1.54) is 0 Å². The lowest BCUT2D eigenvalue weighted by Gasteiger charge is -2.60. The number of amides is 1. The molecule has 2 fully saturated rings. The van der Waals surface area contributed by atoms with Crippen LogP contribution in [0, 0.1) is 11.3 Å². The van der Waals surface area contributed by atoms with E-state index < -0.39 is 11.1 Å². The number of nitrogens with one attached hydrogen (secondary N) is 1. The highest BCUT2D eigenvalue weighted by molar-refractivity contribution is 5.88. The van der Waals surface area contributed by atoms with E-state index in [4.69, 9.17) is 15.3 Å². The first-order chi connectivity index (χ1) is 8.11. The molecule has 2 rings (SSSR count). The molecule has 18 heavy (non-hydrogen) atoms. The highest BCUT2D eigenvalue weighted by atomic mass is 16.7. The van der Waals surface area contributed by atoms with E-state index in [2.05, 4.69) is 5.48 Å². The fourth-order valence-electron chi connectivity index (χ4n) is 3.13. The molecule has 3 atom stereocenters. The molecule has 1 aliphatic heterocycles. The van der Waals surface area contributed by atoms with Crippen LogP contribution in [0.4, 0.5) is 0 Å². The van der Waals surface area contributed by atoms with Crippen LogP contribution < -0.4 is 11.2 Å². The van der Waals surface area contributed by atoms with Gasteiger partial charge >= 0.3 is 0 Å². The summed E-state index contributed by atoms with van der Waals surface area (Å²) in [6, 6.07) is 0. The highest BCUT2D eigenvalue weighted by Gasteiger charge is 2.71. The number of hydrogen-bond donors (Lipinski definition) is 2. The van der Waals surface area contributed by atoms with Crippen LogP contribution >= 0.6 is 0 Å². The number of rotatable bonds is 2. The van der Waals surface area contributed by atoms with Crippen molar-refractivity contribution < 1.29 is 14.4 Å². The van der Waals surface area contributed by atoms with Gasteiger partial charge in [0.15, 0.2) is 0 Å². The molecule has 0 aromatic heterocycles. The SMILES string of the molecule is CC(C)(C)ONC(=O)C1(N)C2CCOC2C1(C)C. The van der Waals surface area contributed by atoms with E-state index in [1.807, 2.05) is 34.6 Å². The van der Waals surface area contributed by atoms with Gasteiger partial charge in [-0.15, -0.1) is 0 Å². The minimum Gasteiger partial charge on any atom is -0.377 e. The monoisotopic (exact) mass is 256 g/mol. The third-order valence-corrected chi connectivity index (χ3v) is 4.28. The first-order valence-corrected chi connectivity index (χ1v) is 6.49. The Kier molecular flexibility index (Phi) is 3.00. The smallest absolute Gasteiger partial charge is 0.264 e. The fourth-order valence-corrected chi connectivity index (χ4v) is 3.13. The van der Waals surface area contributed by atoms with Gasteiger partial charge < -0.3 is 10.5 Å². The normalized spacial score (nSPS) is 37.9. The third-order valence-electron chi connectivity index (χ3n) is 4.28. The molecule has 3 N–H and O–H groups in total. The summed E-state index contributed by atoms with van der Waals surface area (Å²) in [5, 5.41) is 0. The summed E-state index contributed by atoms with van der Waals surface area (Å²) in [5.41, 5.74) is 7.19. The molecule has 0 radical (unpaired) electrons. The van der Waals surface area contributed by atoms with Gasteiger partial charge in [0.1, 0.15) is 5.54 Å². The minimum atomic E-state index is -0.903. The Hall–Kier alpha value is -0.650. The largest absolute Gasteiger partial charge is 0.377 e. The molecule has 5 heteroatoms. The molecule has 1 saturated carbocycles. The summed E-state index contributed by atoms with van der Waals surface area (Å²) in [7, 11) is 0. The van der Waals surface area contributed by atoms with Crippen molar-refractivity contribution in [3.05, 3.63) is 0 Å². The second kappa shape index (κ2) is 3.92. The Bertz CT molecular complexity index is 362. The van der Waals surface area contributed by atoms with Crippen LogP contribution in [0.2, 0.25) is 0 Å². The van der Waals surface area contributed by atoms with E-state index in [0.717, 1.165) is 6.42 Å². The van der Waals surface area contributed by atoms with Crippen molar-refractivity contribution in [2.45, 2.75) is 58.3 Å². The number of fused-ring (bicyclic) bond motifs is 1. The zero-order valence-electron chi connectivity index (χ0n) is 11.9. The maximum Gasteiger partial charge on any atom is 0.264 e. The molecule has 0 aromatic carbocycles. The fraction of sp³-hybridized carbons (Fsp3) is 0.923. The topological polar surface area (TPSA) is 73.6 Å². The second-order valence-corrected chi connectivity index (χ2v) is 6.92. The van der Waals surface area contributed by atoms with Crippen molar-refractivity contribution in [1.29, 1.82) is 0 Å². The second-order valence-electron chi connectivity index (χ2n) is 6.92. The van der Waals surface area contributed by atoms with Crippen LogP contribution in [0.1, 0.15) is 41.0 Å². The summed E-state index contributed by atoms with van der Waals surface area (Å²) >= 11 is 0. The van der Waals surface area contributed by atoms with E-state index in [9.17, 15) is 4.79 Å². The molecule has 0 spiro atoms. The average molecular weight is 256 g/mol. The summed E-state index contributed by atoms with van der Waals surface area (Å²) in [6.45, 7) is 10.3. The van der Waals surface area contributed by atoms with Gasteiger partial charge in [0.2, 0.25) is 0 Å². The maximum absolute atomic E-state index is 12.3. The van der Waals surface area contributed by atoms with Crippen LogP contribution in [0.3, 0.4) is 0 Å².